The first-order valence-corrected chi connectivity index (χ1v) is 7.54. The van der Waals surface area contributed by atoms with Crippen molar-refractivity contribution in [2.75, 3.05) is 20.1 Å². The molecule has 0 saturated carbocycles. The average molecular weight is 275 g/mol. The van der Waals surface area contributed by atoms with Crippen LogP contribution in [-0.4, -0.2) is 36.1 Å². The summed E-state index contributed by atoms with van der Waals surface area (Å²) in [5, 5.41) is 9.11. The van der Waals surface area contributed by atoms with Gasteiger partial charge in [-0.25, -0.2) is 0 Å². The molecule has 2 atom stereocenters. The Balaban J connectivity index is 2.34. The van der Waals surface area contributed by atoms with Crippen LogP contribution in [-0.2, 0) is 10.2 Å². The molecule has 2 unspecified atom stereocenters. The van der Waals surface area contributed by atoms with Gasteiger partial charge in [0.2, 0.25) is 0 Å². The highest BCUT2D eigenvalue weighted by Gasteiger charge is 2.42. The van der Waals surface area contributed by atoms with E-state index in [0.717, 1.165) is 32.4 Å². The van der Waals surface area contributed by atoms with Crippen molar-refractivity contribution in [2.45, 2.75) is 38.0 Å². The smallest absolute Gasteiger partial charge is 0.303 e. The van der Waals surface area contributed by atoms with Gasteiger partial charge in [0.1, 0.15) is 0 Å². The van der Waals surface area contributed by atoms with Gasteiger partial charge in [-0.3, -0.25) is 4.79 Å². The number of rotatable bonds is 5. The van der Waals surface area contributed by atoms with Crippen LogP contribution in [0.3, 0.4) is 0 Å². The van der Waals surface area contributed by atoms with Gasteiger partial charge in [-0.15, -0.1) is 0 Å². The van der Waals surface area contributed by atoms with Crippen LogP contribution in [0.15, 0.2) is 30.3 Å². The number of carbonyl (C=O) groups is 1. The second-order valence-electron chi connectivity index (χ2n) is 6.03. The van der Waals surface area contributed by atoms with E-state index in [2.05, 4.69) is 43.1 Å². The molecule has 1 aromatic rings. The van der Waals surface area contributed by atoms with Crippen molar-refractivity contribution in [1.29, 1.82) is 0 Å². The Bertz CT molecular complexity index is 446. The third-order valence-corrected chi connectivity index (χ3v) is 4.88. The number of benzene rings is 1. The lowest BCUT2D eigenvalue weighted by molar-refractivity contribution is -0.137. The van der Waals surface area contributed by atoms with Crippen molar-refractivity contribution < 1.29 is 9.90 Å². The Hall–Kier alpha value is -1.35. The number of hydrogen-bond acceptors (Lipinski definition) is 2. The molecule has 2 rings (SSSR count). The summed E-state index contributed by atoms with van der Waals surface area (Å²) in [6.07, 6.45) is 3.16. The zero-order chi connectivity index (χ0) is 14.6. The van der Waals surface area contributed by atoms with E-state index in [1.807, 2.05) is 6.07 Å². The van der Waals surface area contributed by atoms with E-state index in [4.69, 9.17) is 5.11 Å². The van der Waals surface area contributed by atoms with Crippen LogP contribution in [0.2, 0.25) is 0 Å². The normalized spacial score (nSPS) is 27.4. The van der Waals surface area contributed by atoms with Crippen molar-refractivity contribution in [2.24, 2.45) is 5.92 Å². The quantitative estimate of drug-likeness (QED) is 0.897. The Morgan fingerprint density at radius 2 is 2.10 bits per heavy atom. The van der Waals surface area contributed by atoms with Crippen LogP contribution in [0.4, 0.5) is 0 Å². The molecular weight excluding hydrogens is 250 g/mol. The summed E-state index contributed by atoms with van der Waals surface area (Å²) >= 11 is 0. The third kappa shape index (κ3) is 3.04. The van der Waals surface area contributed by atoms with Crippen molar-refractivity contribution in [3.8, 4) is 0 Å². The minimum atomic E-state index is -0.686. The maximum absolute atomic E-state index is 11.1. The van der Waals surface area contributed by atoms with Gasteiger partial charge in [-0.2, -0.15) is 0 Å². The van der Waals surface area contributed by atoms with Gasteiger partial charge in [-0.1, -0.05) is 43.7 Å². The number of nitrogens with zero attached hydrogens (tertiary/aromatic N) is 1. The summed E-state index contributed by atoms with van der Waals surface area (Å²) in [7, 11) is 2.16. The summed E-state index contributed by atoms with van der Waals surface area (Å²) in [6.45, 7) is 4.33. The molecular formula is C17H25NO2. The first-order valence-electron chi connectivity index (χ1n) is 7.54. The molecule has 1 heterocycles. The van der Waals surface area contributed by atoms with Gasteiger partial charge in [-0.05, 0) is 37.9 Å². The zero-order valence-corrected chi connectivity index (χ0v) is 12.5. The second-order valence-corrected chi connectivity index (χ2v) is 6.03. The molecule has 1 saturated heterocycles. The number of piperidine rings is 1. The van der Waals surface area contributed by atoms with Gasteiger partial charge < -0.3 is 10.0 Å². The summed E-state index contributed by atoms with van der Waals surface area (Å²) in [5.41, 5.74) is 1.35. The molecule has 110 valence electrons. The summed E-state index contributed by atoms with van der Waals surface area (Å²) < 4.78 is 0. The fourth-order valence-electron chi connectivity index (χ4n) is 3.71. The summed E-state index contributed by atoms with van der Waals surface area (Å²) in [4.78, 5) is 13.4. The monoisotopic (exact) mass is 275 g/mol. The van der Waals surface area contributed by atoms with Gasteiger partial charge in [0, 0.05) is 18.4 Å². The molecule has 0 aromatic heterocycles. The number of carboxylic acid groups (broad SMARTS) is 1. The lowest BCUT2D eigenvalue weighted by atomic mass is 9.62. The number of hydrogen-bond donors (Lipinski definition) is 1. The number of carboxylic acids is 1. The van der Waals surface area contributed by atoms with Crippen LogP contribution in [0, 0.1) is 5.92 Å². The molecule has 0 bridgehead atoms. The molecule has 0 amide bonds. The van der Waals surface area contributed by atoms with E-state index in [9.17, 15) is 4.79 Å². The van der Waals surface area contributed by atoms with Gasteiger partial charge in [0.15, 0.2) is 0 Å². The molecule has 20 heavy (non-hydrogen) atoms. The molecule has 1 aliphatic rings. The highest BCUT2D eigenvalue weighted by molar-refractivity contribution is 5.66. The molecule has 3 nitrogen and oxygen atoms in total. The fourth-order valence-corrected chi connectivity index (χ4v) is 3.71. The molecule has 1 aromatic carbocycles. The molecule has 1 aliphatic heterocycles. The molecule has 1 N–H and O–H groups in total. The SMILES string of the molecule is CCC1CN(C)CCC1(CCC(=O)O)c1ccccc1. The van der Waals surface area contributed by atoms with E-state index in [1.165, 1.54) is 5.56 Å². The molecule has 0 radical (unpaired) electrons. The Morgan fingerprint density at radius 3 is 2.70 bits per heavy atom. The van der Waals surface area contributed by atoms with Crippen LogP contribution in [0.1, 0.15) is 38.2 Å². The molecule has 1 fully saturated rings. The van der Waals surface area contributed by atoms with Crippen LogP contribution in [0.5, 0.6) is 0 Å². The van der Waals surface area contributed by atoms with Gasteiger partial charge in [0.05, 0.1) is 0 Å². The van der Waals surface area contributed by atoms with Crippen LogP contribution in [0.25, 0.3) is 0 Å². The van der Waals surface area contributed by atoms with Crippen LogP contribution >= 0.6 is 0 Å². The second kappa shape index (κ2) is 6.40. The molecule has 0 aliphatic carbocycles. The van der Waals surface area contributed by atoms with E-state index >= 15 is 0 Å². The van der Waals surface area contributed by atoms with Crippen LogP contribution < -0.4 is 0 Å². The van der Waals surface area contributed by atoms with E-state index < -0.39 is 5.97 Å². The largest absolute Gasteiger partial charge is 0.481 e. The molecule has 0 spiro atoms. The summed E-state index contributed by atoms with van der Waals surface area (Å²) in [5.74, 6) is -0.155. The van der Waals surface area contributed by atoms with Crippen molar-refractivity contribution >= 4 is 5.97 Å². The van der Waals surface area contributed by atoms with Crippen molar-refractivity contribution in [3.05, 3.63) is 35.9 Å². The summed E-state index contributed by atoms with van der Waals surface area (Å²) in [6, 6.07) is 10.5. The van der Waals surface area contributed by atoms with Gasteiger partial charge >= 0.3 is 5.97 Å². The third-order valence-electron chi connectivity index (χ3n) is 4.88. The Kier molecular flexibility index (Phi) is 4.81. The minimum Gasteiger partial charge on any atom is -0.481 e. The minimum absolute atomic E-state index is 0.0287. The first-order chi connectivity index (χ1) is 9.58. The van der Waals surface area contributed by atoms with Crippen molar-refractivity contribution in [1.82, 2.24) is 4.90 Å². The van der Waals surface area contributed by atoms with E-state index in [0.29, 0.717) is 5.92 Å². The molecule has 3 heteroatoms. The zero-order valence-electron chi connectivity index (χ0n) is 12.5. The Labute approximate surface area is 121 Å². The predicted molar refractivity (Wildman–Crippen MR) is 80.9 cm³/mol. The van der Waals surface area contributed by atoms with Crippen molar-refractivity contribution in [3.63, 3.8) is 0 Å². The maximum atomic E-state index is 11.1. The lowest BCUT2D eigenvalue weighted by Crippen LogP contribution is -2.48. The van der Waals surface area contributed by atoms with Gasteiger partial charge in [0.25, 0.3) is 0 Å². The Morgan fingerprint density at radius 1 is 1.40 bits per heavy atom. The predicted octanol–water partition coefficient (Wildman–Crippen LogP) is 3.15. The average Bonchev–Trinajstić information content (AvgIpc) is 2.47. The first kappa shape index (κ1) is 15.0. The number of likely N-dealkylation sites (tertiary alicyclic amines) is 1. The fraction of sp³-hybridized carbons (Fsp3) is 0.588. The van der Waals surface area contributed by atoms with E-state index in [-0.39, 0.29) is 11.8 Å². The van der Waals surface area contributed by atoms with E-state index in [1.54, 1.807) is 0 Å². The highest BCUT2D eigenvalue weighted by atomic mass is 16.4. The maximum Gasteiger partial charge on any atom is 0.303 e. The highest BCUT2D eigenvalue weighted by Crippen LogP contribution is 2.44. The standard InChI is InChI=1S/C17H25NO2/c1-3-14-13-18(2)12-11-17(14,10-9-16(19)20)15-7-5-4-6-8-15/h4-8,14H,3,9-13H2,1-2H3,(H,19,20). The number of aliphatic carboxylic acids is 1. The topological polar surface area (TPSA) is 40.5 Å². The lowest BCUT2D eigenvalue weighted by Gasteiger charge is -2.47.